The minimum atomic E-state index is -0.216. The van der Waals surface area contributed by atoms with Crippen LogP contribution in [0.2, 0.25) is 5.15 Å². The predicted molar refractivity (Wildman–Crippen MR) is 55.4 cm³/mol. The quantitative estimate of drug-likeness (QED) is 0.593. The van der Waals surface area contributed by atoms with Crippen molar-refractivity contribution in [3.8, 4) is 0 Å². The van der Waals surface area contributed by atoms with E-state index in [1.807, 2.05) is 0 Å². The van der Waals surface area contributed by atoms with Crippen LogP contribution in [0.15, 0.2) is 18.3 Å². The highest BCUT2D eigenvalue weighted by atomic mass is 35.5. The van der Waals surface area contributed by atoms with Gasteiger partial charge in [0.25, 0.3) is 5.91 Å². The number of hydrogen-bond acceptors (Lipinski definition) is 3. The van der Waals surface area contributed by atoms with E-state index < -0.39 is 0 Å². The Morgan fingerprint density at radius 2 is 2.46 bits per heavy atom. The maximum absolute atomic E-state index is 11.4. The fourth-order valence-corrected chi connectivity index (χ4v) is 1.14. The van der Waals surface area contributed by atoms with Gasteiger partial charge in [-0.3, -0.25) is 4.79 Å². The topological polar surface area (TPSA) is 42.0 Å². The highest BCUT2D eigenvalue weighted by Gasteiger charge is 2.08. The minimum absolute atomic E-state index is 0.216. The van der Waals surface area contributed by atoms with Crippen molar-refractivity contribution in [1.29, 1.82) is 0 Å². The number of nitrogens with zero attached hydrogens (tertiary/aromatic N) is 1. The molecule has 1 aromatic rings. The summed E-state index contributed by atoms with van der Waals surface area (Å²) < 4.78 is 0. The van der Waals surface area contributed by atoms with Crippen LogP contribution in [0.1, 0.15) is 10.4 Å². The van der Waals surface area contributed by atoms with Crippen molar-refractivity contribution < 1.29 is 4.79 Å². The van der Waals surface area contributed by atoms with Crippen LogP contribution in [0.25, 0.3) is 0 Å². The van der Waals surface area contributed by atoms with E-state index in [0.717, 1.165) is 0 Å². The third-order valence-corrected chi connectivity index (χ3v) is 1.93. The van der Waals surface area contributed by atoms with Crippen LogP contribution in [0, 0.1) is 0 Å². The molecule has 0 aliphatic rings. The lowest BCUT2D eigenvalue weighted by molar-refractivity contribution is 0.0956. The fraction of sp³-hybridized carbons (Fsp3) is 0.250. The molecule has 0 spiro atoms. The largest absolute Gasteiger partial charge is 0.351 e. The molecule has 0 radical (unpaired) electrons. The number of halogens is 1. The average Bonchev–Trinajstić information content (AvgIpc) is 2.15. The molecular weight excluding hydrogens is 208 g/mol. The number of aromatic nitrogens is 1. The van der Waals surface area contributed by atoms with Crippen molar-refractivity contribution in [3.63, 3.8) is 0 Å². The van der Waals surface area contributed by atoms with Crippen LogP contribution in [-0.2, 0) is 0 Å². The molecule has 0 unspecified atom stereocenters. The Morgan fingerprint density at radius 1 is 1.69 bits per heavy atom. The van der Waals surface area contributed by atoms with Gasteiger partial charge >= 0.3 is 0 Å². The van der Waals surface area contributed by atoms with E-state index in [4.69, 9.17) is 11.6 Å². The molecule has 70 valence electrons. The number of rotatable bonds is 3. The van der Waals surface area contributed by atoms with Gasteiger partial charge in [0.05, 0.1) is 5.56 Å². The lowest BCUT2D eigenvalue weighted by atomic mass is 10.3. The molecule has 0 fully saturated rings. The number of thiol groups is 1. The van der Waals surface area contributed by atoms with Crippen molar-refractivity contribution in [3.05, 3.63) is 29.0 Å². The standard InChI is InChI=1S/C8H9ClN2OS/c9-7-6(2-1-3-10-7)8(12)11-4-5-13/h1-3,13H,4-5H2,(H,11,12). The van der Waals surface area contributed by atoms with Crippen LogP contribution >= 0.6 is 24.2 Å². The maximum atomic E-state index is 11.4. The van der Waals surface area contributed by atoms with E-state index in [9.17, 15) is 4.79 Å². The Morgan fingerprint density at radius 3 is 3.08 bits per heavy atom. The summed E-state index contributed by atoms with van der Waals surface area (Å²) in [5.74, 6) is 0.385. The first-order valence-electron chi connectivity index (χ1n) is 3.75. The van der Waals surface area contributed by atoms with Gasteiger partial charge in [-0.1, -0.05) is 11.6 Å². The molecule has 3 nitrogen and oxygen atoms in total. The molecule has 0 aliphatic carbocycles. The lowest BCUT2D eigenvalue weighted by Gasteiger charge is -2.03. The molecule has 0 aromatic carbocycles. The Balaban J connectivity index is 2.71. The van der Waals surface area contributed by atoms with Gasteiger partial charge in [-0.15, -0.1) is 0 Å². The number of carbonyl (C=O) groups excluding carboxylic acids is 1. The Labute approximate surface area is 86.9 Å². The molecule has 1 heterocycles. The van der Waals surface area contributed by atoms with E-state index in [-0.39, 0.29) is 11.1 Å². The van der Waals surface area contributed by atoms with Crippen LogP contribution in [0.3, 0.4) is 0 Å². The second-order valence-corrected chi connectivity index (χ2v) is 3.13. The summed E-state index contributed by atoms with van der Waals surface area (Å²) >= 11 is 9.68. The van der Waals surface area contributed by atoms with Gasteiger partial charge in [0.15, 0.2) is 0 Å². The molecule has 0 aliphatic heterocycles. The maximum Gasteiger partial charge on any atom is 0.254 e. The summed E-state index contributed by atoms with van der Waals surface area (Å²) in [5, 5.41) is 2.87. The second-order valence-electron chi connectivity index (χ2n) is 2.32. The molecule has 0 bridgehead atoms. The van der Waals surface area contributed by atoms with Crippen molar-refractivity contribution in [2.45, 2.75) is 0 Å². The first-order valence-corrected chi connectivity index (χ1v) is 4.76. The third-order valence-electron chi connectivity index (χ3n) is 1.40. The van der Waals surface area contributed by atoms with Gasteiger partial charge in [0, 0.05) is 18.5 Å². The predicted octanol–water partition coefficient (Wildman–Crippen LogP) is 1.39. The summed E-state index contributed by atoms with van der Waals surface area (Å²) in [7, 11) is 0. The summed E-state index contributed by atoms with van der Waals surface area (Å²) in [6.45, 7) is 0.521. The molecule has 5 heteroatoms. The van der Waals surface area contributed by atoms with Crippen molar-refractivity contribution in [1.82, 2.24) is 10.3 Å². The summed E-state index contributed by atoms with van der Waals surface area (Å²) in [4.78, 5) is 15.1. The first-order chi connectivity index (χ1) is 6.25. The number of nitrogens with one attached hydrogen (secondary N) is 1. The molecule has 1 N–H and O–H groups in total. The van der Waals surface area contributed by atoms with E-state index in [1.165, 1.54) is 6.20 Å². The average molecular weight is 217 g/mol. The lowest BCUT2D eigenvalue weighted by Crippen LogP contribution is -2.25. The highest BCUT2D eigenvalue weighted by Crippen LogP contribution is 2.10. The minimum Gasteiger partial charge on any atom is -0.351 e. The Kier molecular flexibility index (Phi) is 4.05. The van der Waals surface area contributed by atoms with Crippen LogP contribution in [-0.4, -0.2) is 23.2 Å². The molecule has 13 heavy (non-hydrogen) atoms. The van der Waals surface area contributed by atoms with Crippen LogP contribution in [0.4, 0.5) is 0 Å². The van der Waals surface area contributed by atoms with E-state index in [2.05, 4.69) is 22.9 Å². The second kappa shape index (κ2) is 5.09. The fourth-order valence-electron chi connectivity index (χ4n) is 0.820. The molecule has 1 rings (SSSR count). The van der Waals surface area contributed by atoms with Crippen molar-refractivity contribution in [2.24, 2.45) is 0 Å². The SMILES string of the molecule is O=C(NCCS)c1cccnc1Cl. The van der Waals surface area contributed by atoms with Crippen molar-refractivity contribution >= 4 is 30.1 Å². The molecular formula is C8H9ClN2OS. The third kappa shape index (κ3) is 2.90. The molecule has 1 amide bonds. The van der Waals surface area contributed by atoms with Gasteiger partial charge in [-0.2, -0.15) is 12.6 Å². The summed E-state index contributed by atoms with van der Waals surface area (Å²) in [6.07, 6.45) is 1.54. The Bertz CT molecular complexity index is 306. The first kappa shape index (κ1) is 10.3. The zero-order valence-electron chi connectivity index (χ0n) is 6.83. The number of hydrogen-bond donors (Lipinski definition) is 2. The van der Waals surface area contributed by atoms with E-state index in [0.29, 0.717) is 17.9 Å². The van der Waals surface area contributed by atoms with E-state index in [1.54, 1.807) is 12.1 Å². The van der Waals surface area contributed by atoms with Gasteiger partial charge in [-0.05, 0) is 12.1 Å². The van der Waals surface area contributed by atoms with Gasteiger partial charge in [-0.25, -0.2) is 4.98 Å². The highest BCUT2D eigenvalue weighted by molar-refractivity contribution is 7.80. The molecule has 0 saturated heterocycles. The summed E-state index contributed by atoms with van der Waals surface area (Å²) in [5.41, 5.74) is 0.394. The number of amides is 1. The smallest absolute Gasteiger partial charge is 0.254 e. The van der Waals surface area contributed by atoms with Crippen molar-refractivity contribution in [2.75, 3.05) is 12.3 Å². The number of pyridine rings is 1. The zero-order valence-corrected chi connectivity index (χ0v) is 8.48. The van der Waals surface area contributed by atoms with Gasteiger partial charge in [0.2, 0.25) is 0 Å². The van der Waals surface area contributed by atoms with Gasteiger partial charge in [0.1, 0.15) is 5.15 Å². The van der Waals surface area contributed by atoms with Gasteiger partial charge < -0.3 is 5.32 Å². The molecule has 0 atom stereocenters. The number of carbonyl (C=O) groups is 1. The van der Waals surface area contributed by atoms with Crippen LogP contribution in [0.5, 0.6) is 0 Å². The molecule has 1 aromatic heterocycles. The van der Waals surface area contributed by atoms with E-state index >= 15 is 0 Å². The van der Waals surface area contributed by atoms with Crippen LogP contribution < -0.4 is 5.32 Å². The summed E-state index contributed by atoms with van der Waals surface area (Å²) in [6, 6.07) is 3.30. The Hall–Kier alpha value is -0.740. The zero-order chi connectivity index (χ0) is 9.68. The monoisotopic (exact) mass is 216 g/mol. The molecule has 0 saturated carbocycles. The normalized spacial score (nSPS) is 9.69.